The van der Waals surface area contributed by atoms with Crippen LogP contribution in [0.3, 0.4) is 0 Å². The van der Waals surface area contributed by atoms with Crippen LogP contribution >= 0.6 is 0 Å². The molecule has 8 aliphatic rings. The molecule has 3 saturated heterocycles. The van der Waals surface area contributed by atoms with Crippen molar-refractivity contribution in [2.24, 2.45) is 29.1 Å². The molecule has 4 heterocycles. The van der Waals surface area contributed by atoms with E-state index in [1.807, 2.05) is 4.90 Å². The van der Waals surface area contributed by atoms with Gasteiger partial charge in [0.15, 0.2) is 0 Å². The number of aliphatic hydroxyl groups excluding tert-OH is 1. The molecule has 0 radical (unpaired) electrons. The van der Waals surface area contributed by atoms with Gasteiger partial charge in [0, 0.05) is 31.9 Å². The van der Waals surface area contributed by atoms with E-state index in [1.165, 1.54) is 17.7 Å². The summed E-state index contributed by atoms with van der Waals surface area (Å²) in [5.41, 5.74) is 0.185. The first-order valence-electron chi connectivity index (χ1n) is 22.6. The molecule has 0 aromatic heterocycles. The van der Waals surface area contributed by atoms with Gasteiger partial charge in [-0.05, 0) is 113 Å². The van der Waals surface area contributed by atoms with Crippen LogP contribution in [0.1, 0.15) is 148 Å². The summed E-state index contributed by atoms with van der Waals surface area (Å²) in [5, 5.41) is 10.9. The van der Waals surface area contributed by atoms with Crippen LogP contribution in [-0.2, 0) is 28.6 Å². The van der Waals surface area contributed by atoms with Crippen LogP contribution in [0.5, 0.6) is 0 Å². The fourth-order valence-corrected chi connectivity index (χ4v) is 13.1. The Morgan fingerprint density at radius 3 is 2.04 bits per heavy atom. The summed E-state index contributed by atoms with van der Waals surface area (Å²) in [6.45, 7) is 1.43. The highest BCUT2D eigenvalue weighted by Crippen LogP contribution is 2.65. The van der Waals surface area contributed by atoms with Gasteiger partial charge in [-0.1, -0.05) is 57.8 Å². The van der Waals surface area contributed by atoms with Crippen molar-refractivity contribution in [2.75, 3.05) is 33.4 Å². The molecule has 8 rings (SSSR count). The van der Waals surface area contributed by atoms with Crippen molar-refractivity contribution in [1.82, 2.24) is 14.7 Å². The monoisotopic (exact) mass is 765 g/mol. The standard InChI is InChI=1S/C44H67N3O8/c1-53-27-28-54-43(52)46-34-20-12-11-19-33(34)44(42(46)51)35(40(49)45-25-13-3-2-4-14-26-45)37-41(50)55-38(30-17-9-6-10-18-30)36(29-15-7-5-8-16-29)47(37)39(44)31-21-23-32(48)24-22-31/h29-32,35-39,48H,2-28H2,1H3/t31?,32?,35-,36-,37-,38+,39+,44-/m0/s1. The van der Waals surface area contributed by atoms with Crippen LogP contribution in [0.4, 0.5) is 4.79 Å². The molecule has 4 aliphatic heterocycles. The molecule has 0 unspecified atom stereocenters. The van der Waals surface area contributed by atoms with Crippen molar-refractivity contribution in [3.05, 3.63) is 11.3 Å². The van der Waals surface area contributed by atoms with Crippen LogP contribution in [0.2, 0.25) is 0 Å². The number of esters is 1. The Hall–Kier alpha value is -2.50. The Morgan fingerprint density at radius 2 is 1.36 bits per heavy atom. The second-order valence-corrected chi connectivity index (χ2v) is 18.4. The van der Waals surface area contributed by atoms with Gasteiger partial charge in [-0.25, -0.2) is 9.69 Å². The Labute approximate surface area is 328 Å². The summed E-state index contributed by atoms with van der Waals surface area (Å²) < 4.78 is 17.8. The highest BCUT2D eigenvalue weighted by molar-refractivity contribution is 6.07. The highest BCUT2D eigenvalue weighted by atomic mass is 16.6. The van der Waals surface area contributed by atoms with Crippen LogP contribution in [-0.4, -0.2) is 107 Å². The van der Waals surface area contributed by atoms with E-state index in [0.29, 0.717) is 57.3 Å². The summed E-state index contributed by atoms with van der Waals surface area (Å²) in [4.78, 5) is 67.1. The average Bonchev–Trinajstić information content (AvgIpc) is 3.65. The number of nitrogens with zero attached hydrogens (tertiary/aromatic N) is 3. The predicted molar refractivity (Wildman–Crippen MR) is 205 cm³/mol. The van der Waals surface area contributed by atoms with Gasteiger partial charge in [0.25, 0.3) is 0 Å². The molecule has 11 heteroatoms. The van der Waals surface area contributed by atoms with E-state index in [4.69, 9.17) is 14.2 Å². The third-order valence-electron chi connectivity index (χ3n) is 15.4. The zero-order valence-corrected chi connectivity index (χ0v) is 33.4. The maximum absolute atomic E-state index is 16.1. The lowest BCUT2D eigenvalue weighted by atomic mass is 9.60. The van der Waals surface area contributed by atoms with Gasteiger partial charge in [0.05, 0.1) is 24.7 Å². The number of ether oxygens (including phenoxy) is 3. The van der Waals surface area contributed by atoms with Gasteiger partial charge in [-0.3, -0.25) is 19.3 Å². The van der Waals surface area contributed by atoms with Crippen LogP contribution < -0.4 is 0 Å². The van der Waals surface area contributed by atoms with Crippen molar-refractivity contribution in [1.29, 1.82) is 0 Å². The van der Waals surface area contributed by atoms with Crippen LogP contribution in [0.25, 0.3) is 0 Å². The molecule has 0 aromatic rings. The topological polar surface area (TPSA) is 126 Å². The Bertz CT molecular complexity index is 1440. The van der Waals surface area contributed by atoms with E-state index < -0.39 is 35.6 Å². The summed E-state index contributed by atoms with van der Waals surface area (Å²) in [7, 11) is 1.55. The maximum atomic E-state index is 16.1. The number of hydrogen-bond donors (Lipinski definition) is 1. The van der Waals surface area contributed by atoms with Gasteiger partial charge in [0.2, 0.25) is 11.8 Å². The number of carbonyl (C=O) groups excluding carboxylic acids is 4. The van der Waals surface area contributed by atoms with Gasteiger partial charge >= 0.3 is 12.1 Å². The number of hydrogen-bond acceptors (Lipinski definition) is 9. The molecule has 1 N–H and O–H groups in total. The number of imide groups is 1. The minimum absolute atomic E-state index is 0.0166. The number of rotatable bonds is 7. The molecular formula is C44H67N3O8. The molecule has 3 amide bonds. The molecule has 6 atom stereocenters. The van der Waals surface area contributed by atoms with Crippen molar-refractivity contribution in [3.8, 4) is 0 Å². The molecule has 306 valence electrons. The number of aliphatic hydroxyl groups is 1. The van der Waals surface area contributed by atoms with E-state index in [0.717, 1.165) is 102 Å². The number of carbonyl (C=O) groups is 4. The van der Waals surface area contributed by atoms with Gasteiger partial charge in [-0.15, -0.1) is 0 Å². The number of methoxy groups -OCH3 is 1. The van der Waals surface area contributed by atoms with Gasteiger partial charge < -0.3 is 24.2 Å². The zero-order chi connectivity index (χ0) is 38.1. The number of allylic oxidation sites excluding steroid dienone is 1. The van der Waals surface area contributed by atoms with Gasteiger partial charge in [0.1, 0.15) is 24.2 Å². The summed E-state index contributed by atoms with van der Waals surface area (Å²) >= 11 is 0. The Morgan fingerprint density at radius 1 is 0.745 bits per heavy atom. The van der Waals surface area contributed by atoms with Gasteiger partial charge in [-0.2, -0.15) is 0 Å². The fraction of sp³-hybridized carbons (Fsp3) is 0.864. The number of morpholine rings is 1. The van der Waals surface area contributed by atoms with Crippen molar-refractivity contribution in [3.63, 3.8) is 0 Å². The average molecular weight is 766 g/mol. The first kappa shape index (κ1) is 39.3. The number of likely N-dealkylation sites (tertiary alicyclic amines) is 1. The quantitative estimate of drug-likeness (QED) is 0.218. The first-order chi connectivity index (χ1) is 26.9. The van der Waals surface area contributed by atoms with E-state index in [9.17, 15) is 9.90 Å². The highest BCUT2D eigenvalue weighted by Gasteiger charge is 2.77. The zero-order valence-electron chi connectivity index (χ0n) is 33.4. The first-order valence-corrected chi connectivity index (χ1v) is 22.6. The van der Waals surface area contributed by atoms with Crippen LogP contribution in [0, 0.1) is 29.1 Å². The fourth-order valence-electron chi connectivity index (χ4n) is 13.1. The lowest BCUT2D eigenvalue weighted by molar-refractivity contribution is -0.191. The normalized spacial score (nSPS) is 37.0. The number of fused-ring (bicyclic) bond motifs is 2. The SMILES string of the molecule is COCCOC(=O)N1C(=O)[C@@]2(C3=C1CCCC3)[C@H](C(=O)N1CCCCCCC1)[C@H]1C(=O)O[C@H](C3CCCCC3)[C@H](C3CCCCC3)N1[C@@H]2C1CCC(O)CC1. The molecule has 4 aliphatic carbocycles. The van der Waals surface area contributed by atoms with Crippen LogP contribution in [0.15, 0.2) is 11.3 Å². The molecule has 1 spiro atoms. The van der Waals surface area contributed by atoms with Crippen molar-refractivity contribution < 1.29 is 38.5 Å². The molecule has 0 aromatic carbocycles. The summed E-state index contributed by atoms with van der Waals surface area (Å²) in [5.74, 6) is -1.35. The molecule has 0 bridgehead atoms. The second-order valence-electron chi connectivity index (χ2n) is 18.4. The maximum Gasteiger partial charge on any atom is 0.421 e. The van der Waals surface area contributed by atoms with Crippen molar-refractivity contribution >= 4 is 23.9 Å². The molecule has 11 nitrogen and oxygen atoms in total. The smallest absolute Gasteiger partial charge is 0.421 e. The minimum Gasteiger partial charge on any atom is -0.459 e. The summed E-state index contributed by atoms with van der Waals surface area (Å²) in [6.07, 6.45) is 20.1. The summed E-state index contributed by atoms with van der Waals surface area (Å²) in [6, 6.07) is -1.48. The minimum atomic E-state index is -1.40. The second kappa shape index (κ2) is 17.2. The number of cyclic esters (lactones) is 1. The number of amides is 3. The van der Waals surface area contributed by atoms with E-state index in [-0.39, 0.29) is 60.9 Å². The predicted octanol–water partition coefficient (Wildman–Crippen LogP) is 6.89. The molecule has 3 saturated carbocycles. The molecule has 6 fully saturated rings. The van der Waals surface area contributed by atoms with E-state index >= 15 is 14.4 Å². The molecular weight excluding hydrogens is 698 g/mol. The Kier molecular flexibility index (Phi) is 12.3. The van der Waals surface area contributed by atoms with E-state index in [1.54, 1.807) is 7.11 Å². The Balaban J connectivity index is 1.34. The lowest BCUT2D eigenvalue weighted by Gasteiger charge is -2.53. The van der Waals surface area contributed by atoms with E-state index in [2.05, 4.69) is 4.90 Å². The third kappa shape index (κ3) is 7.08. The lowest BCUT2D eigenvalue weighted by Crippen LogP contribution is -2.66. The van der Waals surface area contributed by atoms with Crippen molar-refractivity contribution in [2.45, 2.75) is 178 Å². The third-order valence-corrected chi connectivity index (χ3v) is 15.4. The molecule has 55 heavy (non-hydrogen) atoms. The largest absolute Gasteiger partial charge is 0.459 e.